The molecule has 0 fully saturated rings. The molecule has 1 nitrogen and oxygen atoms in total. The predicted molar refractivity (Wildman–Crippen MR) is 190 cm³/mol. The molecule has 0 unspecified atom stereocenters. The third-order valence-corrected chi connectivity index (χ3v) is 10.3. The van der Waals surface area contributed by atoms with Crippen LogP contribution in [0.5, 0.6) is 0 Å². The van der Waals surface area contributed by atoms with Crippen LogP contribution < -0.4 is 0 Å². The SMILES string of the molecule is c1ccc2cc(-c3c4ccccc4c(-c4cc5sc6ccccc6c5c5oc6ccccc6c45)c4ccccc34)ccc2c1. The molecule has 2 aromatic heterocycles. The predicted octanol–water partition coefficient (Wildman–Crippen LogP) is 12.7. The molecule has 0 radical (unpaired) electrons. The molecule has 0 amide bonds. The Bertz CT molecular complexity index is 2720. The van der Waals surface area contributed by atoms with Crippen molar-refractivity contribution < 1.29 is 4.42 Å². The number of fused-ring (bicyclic) bond motifs is 10. The molecule has 8 aromatic carbocycles. The molecule has 44 heavy (non-hydrogen) atoms. The zero-order chi connectivity index (χ0) is 28.8. The Hall–Kier alpha value is -5.44. The van der Waals surface area contributed by atoms with Gasteiger partial charge in [0, 0.05) is 30.9 Å². The average molecular weight is 577 g/mol. The zero-order valence-electron chi connectivity index (χ0n) is 23.7. The van der Waals surface area contributed by atoms with Gasteiger partial charge in [-0.3, -0.25) is 0 Å². The van der Waals surface area contributed by atoms with Gasteiger partial charge >= 0.3 is 0 Å². The van der Waals surface area contributed by atoms with E-state index in [1.165, 1.54) is 80.1 Å². The van der Waals surface area contributed by atoms with E-state index >= 15 is 0 Å². The number of thiophene rings is 1. The monoisotopic (exact) mass is 576 g/mol. The lowest BCUT2D eigenvalue weighted by Gasteiger charge is -2.18. The third-order valence-electron chi connectivity index (χ3n) is 9.23. The molecule has 0 spiro atoms. The van der Waals surface area contributed by atoms with Crippen LogP contribution >= 0.6 is 11.3 Å². The molecule has 0 bridgehead atoms. The topological polar surface area (TPSA) is 13.1 Å². The quantitative estimate of drug-likeness (QED) is 0.187. The first-order chi connectivity index (χ1) is 21.8. The van der Waals surface area contributed by atoms with E-state index in [0.717, 1.165) is 16.6 Å². The summed E-state index contributed by atoms with van der Waals surface area (Å²) in [6, 6.07) is 53.0. The van der Waals surface area contributed by atoms with Crippen LogP contribution in [0.3, 0.4) is 0 Å². The Morgan fingerprint density at radius 3 is 1.75 bits per heavy atom. The molecule has 0 saturated heterocycles. The first-order valence-corrected chi connectivity index (χ1v) is 15.8. The minimum absolute atomic E-state index is 0.924. The van der Waals surface area contributed by atoms with E-state index < -0.39 is 0 Å². The zero-order valence-corrected chi connectivity index (χ0v) is 24.5. The maximum Gasteiger partial charge on any atom is 0.145 e. The van der Waals surface area contributed by atoms with Crippen LogP contribution in [0.1, 0.15) is 0 Å². The van der Waals surface area contributed by atoms with Crippen molar-refractivity contribution in [3.63, 3.8) is 0 Å². The Kier molecular flexibility index (Phi) is 4.94. The molecule has 10 aromatic rings. The van der Waals surface area contributed by atoms with Crippen molar-refractivity contribution in [3.8, 4) is 22.3 Å². The maximum atomic E-state index is 6.76. The van der Waals surface area contributed by atoms with Crippen molar-refractivity contribution in [1.29, 1.82) is 0 Å². The van der Waals surface area contributed by atoms with Crippen molar-refractivity contribution >= 4 is 85.8 Å². The van der Waals surface area contributed by atoms with Crippen LogP contribution in [0.25, 0.3) is 96.7 Å². The molecular formula is C42H24OS. The van der Waals surface area contributed by atoms with Crippen LogP contribution in [0.15, 0.2) is 150 Å². The van der Waals surface area contributed by atoms with Crippen molar-refractivity contribution in [2.24, 2.45) is 0 Å². The molecule has 0 aliphatic carbocycles. The van der Waals surface area contributed by atoms with Crippen LogP contribution in [0.4, 0.5) is 0 Å². The molecule has 0 aliphatic heterocycles. The fourth-order valence-corrected chi connectivity index (χ4v) is 8.51. The molecule has 2 heteroatoms. The van der Waals surface area contributed by atoms with Crippen molar-refractivity contribution in [2.75, 3.05) is 0 Å². The van der Waals surface area contributed by atoms with Gasteiger partial charge in [0.05, 0.1) is 0 Å². The molecule has 2 heterocycles. The van der Waals surface area contributed by atoms with Gasteiger partial charge in [-0.15, -0.1) is 11.3 Å². The van der Waals surface area contributed by atoms with Crippen LogP contribution in [0, 0.1) is 0 Å². The second kappa shape index (κ2) is 9.03. The van der Waals surface area contributed by atoms with Gasteiger partial charge in [-0.2, -0.15) is 0 Å². The summed E-state index contributed by atoms with van der Waals surface area (Å²) in [7, 11) is 0. The Morgan fingerprint density at radius 1 is 0.409 bits per heavy atom. The lowest BCUT2D eigenvalue weighted by molar-refractivity contribution is 0.673. The lowest BCUT2D eigenvalue weighted by atomic mass is 9.84. The van der Waals surface area contributed by atoms with Crippen LogP contribution in [0.2, 0.25) is 0 Å². The van der Waals surface area contributed by atoms with Crippen LogP contribution in [-0.2, 0) is 0 Å². The number of benzene rings is 8. The van der Waals surface area contributed by atoms with Gasteiger partial charge in [-0.1, -0.05) is 121 Å². The van der Waals surface area contributed by atoms with Gasteiger partial charge in [0.25, 0.3) is 0 Å². The lowest BCUT2D eigenvalue weighted by Crippen LogP contribution is -1.91. The highest BCUT2D eigenvalue weighted by Crippen LogP contribution is 2.50. The summed E-state index contributed by atoms with van der Waals surface area (Å²) in [6.45, 7) is 0. The van der Waals surface area contributed by atoms with E-state index in [4.69, 9.17) is 4.42 Å². The van der Waals surface area contributed by atoms with E-state index in [0.29, 0.717) is 0 Å². The fourth-order valence-electron chi connectivity index (χ4n) is 7.36. The summed E-state index contributed by atoms with van der Waals surface area (Å²) >= 11 is 1.85. The highest BCUT2D eigenvalue weighted by molar-refractivity contribution is 7.26. The molecule has 0 N–H and O–H groups in total. The van der Waals surface area contributed by atoms with E-state index in [1.54, 1.807) is 0 Å². The molecule has 0 saturated carbocycles. The minimum Gasteiger partial charge on any atom is -0.455 e. The summed E-state index contributed by atoms with van der Waals surface area (Å²) in [6.07, 6.45) is 0. The minimum atomic E-state index is 0.924. The highest BCUT2D eigenvalue weighted by atomic mass is 32.1. The third kappa shape index (κ3) is 3.29. The highest BCUT2D eigenvalue weighted by Gasteiger charge is 2.23. The standard InChI is InChI=1S/C42H24OS/c1-2-12-26-23-27(22-21-25(26)11-1)38-28-13-3-5-15-30(28)39(31-16-6-4-14-29(31)38)34-24-37-41(33-18-8-10-20-36(33)44-37)42-40(34)32-17-7-9-19-35(32)43-42/h1-24H. The smallest absolute Gasteiger partial charge is 0.145 e. The van der Waals surface area contributed by atoms with Crippen molar-refractivity contribution in [3.05, 3.63) is 146 Å². The Balaban J connectivity index is 1.41. The van der Waals surface area contributed by atoms with E-state index in [2.05, 4.69) is 146 Å². The van der Waals surface area contributed by atoms with Crippen molar-refractivity contribution in [1.82, 2.24) is 0 Å². The second-order valence-corrected chi connectivity index (χ2v) is 12.7. The molecule has 0 aliphatic rings. The van der Waals surface area contributed by atoms with Crippen molar-refractivity contribution in [2.45, 2.75) is 0 Å². The Labute approximate surface area is 257 Å². The average Bonchev–Trinajstić information content (AvgIpc) is 3.65. The van der Waals surface area contributed by atoms with Gasteiger partial charge in [0.15, 0.2) is 0 Å². The molecule has 10 rings (SSSR count). The maximum absolute atomic E-state index is 6.76. The Morgan fingerprint density at radius 2 is 1.00 bits per heavy atom. The van der Waals surface area contributed by atoms with E-state index in [9.17, 15) is 0 Å². The largest absolute Gasteiger partial charge is 0.455 e. The fraction of sp³-hybridized carbons (Fsp3) is 0. The summed E-state index contributed by atoms with van der Waals surface area (Å²) in [5.74, 6) is 0. The number of para-hydroxylation sites is 1. The summed E-state index contributed by atoms with van der Waals surface area (Å²) < 4.78 is 9.29. The number of rotatable bonds is 2. The van der Waals surface area contributed by atoms with Gasteiger partial charge < -0.3 is 4.42 Å². The molecule has 204 valence electrons. The van der Waals surface area contributed by atoms with E-state index in [-0.39, 0.29) is 0 Å². The molecule has 0 atom stereocenters. The number of hydrogen-bond donors (Lipinski definition) is 0. The second-order valence-electron chi connectivity index (χ2n) is 11.6. The van der Waals surface area contributed by atoms with Gasteiger partial charge in [-0.25, -0.2) is 0 Å². The number of furan rings is 1. The summed E-state index contributed by atoms with van der Waals surface area (Å²) in [5, 5.41) is 12.3. The first-order valence-electron chi connectivity index (χ1n) is 15.0. The van der Waals surface area contributed by atoms with Gasteiger partial charge in [0.1, 0.15) is 11.2 Å². The summed E-state index contributed by atoms with van der Waals surface area (Å²) in [4.78, 5) is 0. The van der Waals surface area contributed by atoms with Gasteiger partial charge in [-0.05, 0) is 78.8 Å². The first kappa shape index (κ1) is 24.0. The number of hydrogen-bond acceptors (Lipinski definition) is 2. The van der Waals surface area contributed by atoms with E-state index in [1.807, 2.05) is 11.3 Å². The normalized spacial score (nSPS) is 12.1. The van der Waals surface area contributed by atoms with Crippen LogP contribution in [-0.4, -0.2) is 0 Å². The summed E-state index contributed by atoms with van der Waals surface area (Å²) in [5.41, 5.74) is 6.90. The molecular weight excluding hydrogens is 553 g/mol. The van der Waals surface area contributed by atoms with Gasteiger partial charge in [0.2, 0.25) is 0 Å².